The second-order valence-corrected chi connectivity index (χ2v) is 6.95. The molecule has 3 rings (SSSR count). The molecule has 1 heterocycles. The Labute approximate surface area is 152 Å². The Morgan fingerprint density at radius 1 is 1.17 bits per heavy atom. The Balaban J connectivity index is 1.98. The Hall–Kier alpha value is -1.71. The fraction of sp³-hybridized carbons (Fsp3) is 0.316. The fourth-order valence-corrected chi connectivity index (χ4v) is 3.52. The molecular formula is C19H20Cl2N2O. The van der Waals surface area contributed by atoms with Crippen molar-refractivity contribution >= 4 is 34.8 Å². The lowest BCUT2D eigenvalue weighted by molar-refractivity contribution is 0.0667. The van der Waals surface area contributed by atoms with Crippen LogP contribution in [0.3, 0.4) is 0 Å². The van der Waals surface area contributed by atoms with Crippen LogP contribution in [0.25, 0.3) is 0 Å². The van der Waals surface area contributed by atoms with Crippen LogP contribution in [0.4, 0.5) is 5.69 Å². The predicted molar refractivity (Wildman–Crippen MR) is 100 cm³/mol. The first-order valence-corrected chi connectivity index (χ1v) is 8.82. The van der Waals surface area contributed by atoms with Gasteiger partial charge in [-0.3, -0.25) is 4.79 Å². The van der Waals surface area contributed by atoms with Gasteiger partial charge in [-0.05, 0) is 36.2 Å². The number of amides is 1. The predicted octanol–water partition coefficient (Wildman–Crippen LogP) is 4.86. The molecule has 0 saturated heterocycles. The second-order valence-electron chi connectivity index (χ2n) is 6.13. The molecule has 126 valence electrons. The number of carbonyl (C=O) groups excluding carboxylic acids is 1. The molecular weight excluding hydrogens is 343 g/mol. The third kappa shape index (κ3) is 3.24. The number of rotatable bonds is 2. The number of hydrogen-bond acceptors (Lipinski definition) is 2. The quantitative estimate of drug-likeness (QED) is 0.761. The van der Waals surface area contributed by atoms with Crippen molar-refractivity contribution in [1.29, 1.82) is 0 Å². The van der Waals surface area contributed by atoms with E-state index in [1.54, 1.807) is 18.2 Å². The van der Waals surface area contributed by atoms with Crippen molar-refractivity contribution in [2.24, 2.45) is 0 Å². The van der Waals surface area contributed by atoms with Gasteiger partial charge < -0.3 is 9.80 Å². The number of hydrogen-bond donors (Lipinski definition) is 0. The van der Waals surface area contributed by atoms with E-state index in [1.165, 1.54) is 5.69 Å². The molecule has 5 heteroatoms. The molecule has 0 saturated carbocycles. The van der Waals surface area contributed by atoms with E-state index >= 15 is 0 Å². The van der Waals surface area contributed by atoms with Gasteiger partial charge in [0.25, 0.3) is 5.91 Å². The van der Waals surface area contributed by atoms with Crippen molar-refractivity contribution in [3.05, 3.63) is 63.6 Å². The minimum Gasteiger partial charge on any atom is -0.372 e. The number of para-hydroxylation sites is 1. The van der Waals surface area contributed by atoms with E-state index in [0.29, 0.717) is 22.2 Å². The van der Waals surface area contributed by atoms with E-state index < -0.39 is 0 Å². The van der Waals surface area contributed by atoms with Gasteiger partial charge in [-0.2, -0.15) is 0 Å². The summed E-state index contributed by atoms with van der Waals surface area (Å²) in [4.78, 5) is 17.3. The highest BCUT2D eigenvalue weighted by atomic mass is 35.5. The molecule has 0 aromatic heterocycles. The zero-order valence-electron chi connectivity index (χ0n) is 13.8. The van der Waals surface area contributed by atoms with E-state index in [-0.39, 0.29) is 11.9 Å². The summed E-state index contributed by atoms with van der Waals surface area (Å²) in [6, 6.07) is 13.4. The van der Waals surface area contributed by atoms with E-state index in [1.807, 2.05) is 17.0 Å². The molecule has 0 N–H and O–H groups in total. The van der Waals surface area contributed by atoms with Crippen LogP contribution >= 0.6 is 23.2 Å². The number of fused-ring (bicyclic) bond motifs is 1. The molecule has 0 fully saturated rings. The van der Waals surface area contributed by atoms with Gasteiger partial charge in [-0.25, -0.2) is 0 Å². The molecule has 2 aromatic carbocycles. The molecule has 3 nitrogen and oxygen atoms in total. The van der Waals surface area contributed by atoms with Crippen LogP contribution in [0, 0.1) is 0 Å². The minimum absolute atomic E-state index is 0.00878. The van der Waals surface area contributed by atoms with Gasteiger partial charge in [0.15, 0.2) is 0 Å². The van der Waals surface area contributed by atoms with Crippen LogP contribution in [0.1, 0.15) is 29.3 Å². The lowest BCUT2D eigenvalue weighted by Gasteiger charge is -2.31. The molecule has 2 aromatic rings. The molecule has 1 amide bonds. The largest absolute Gasteiger partial charge is 0.372 e. The molecule has 1 atom stereocenters. The van der Waals surface area contributed by atoms with Crippen molar-refractivity contribution in [3.8, 4) is 0 Å². The van der Waals surface area contributed by atoms with Crippen LogP contribution in [0.5, 0.6) is 0 Å². The topological polar surface area (TPSA) is 23.6 Å². The van der Waals surface area contributed by atoms with Crippen molar-refractivity contribution in [3.63, 3.8) is 0 Å². The summed E-state index contributed by atoms with van der Waals surface area (Å²) in [5, 5.41) is 0.865. The van der Waals surface area contributed by atoms with Gasteiger partial charge in [-0.1, -0.05) is 48.3 Å². The number of benzene rings is 2. The van der Waals surface area contributed by atoms with Crippen LogP contribution in [0.2, 0.25) is 10.0 Å². The monoisotopic (exact) mass is 362 g/mol. The first-order chi connectivity index (χ1) is 11.5. The summed E-state index contributed by atoms with van der Waals surface area (Å²) in [7, 11) is 2.08. The molecule has 1 unspecified atom stereocenters. The summed E-state index contributed by atoms with van der Waals surface area (Å²) < 4.78 is 0. The maximum Gasteiger partial charge on any atom is 0.254 e. The SMILES string of the molecule is CCC1CN(C)c2ccccc2CN1C(=O)c1ccc(Cl)c(Cl)c1. The lowest BCUT2D eigenvalue weighted by Crippen LogP contribution is -2.43. The van der Waals surface area contributed by atoms with E-state index in [4.69, 9.17) is 23.2 Å². The van der Waals surface area contributed by atoms with Gasteiger partial charge in [0.1, 0.15) is 0 Å². The average Bonchev–Trinajstić information content (AvgIpc) is 2.73. The van der Waals surface area contributed by atoms with Gasteiger partial charge in [-0.15, -0.1) is 0 Å². The molecule has 1 aliphatic rings. The Morgan fingerprint density at radius 3 is 2.62 bits per heavy atom. The highest BCUT2D eigenvalue weighted by Crippen LogP contribution is 2.29. The highest BCUT2D eigenvalue weighted by molar-refractivity contribution is 6.42. The summed E-state index contributed by atoms with van der Waals surface area (Å²) in [5.41, 5.74) is 2.91. The van der Waals surface area contributed by atoms with E-state index in [0.717, 1.165) is 18.5 Å². The summed E-state index contributed by atoms with van der Waals surface area (Å²) in [6.45, 7) is 3.52. The Bertz CT molecular complexity index is 763. The fourth-order valence-electron chi connectivity index (χ4n) is 3.22. The minimum atomic E-state index is -0.00878. The van der Waals surface area contributed by atoms with Crippen LogP contribution in [-0.4, -0.2) is 30.4 Å². The first-order valence-electron chi connectivity index (χ1n) is 8.06. The second kappa shape index (κ2) is 7.04. The van der Waals surface area contributed by atoms with Crippen molar-refractivity contribution in [1.82, 2.24) is 4.90 Å². The van der Waals surface area contributed by atoms with E-state index in [2.05, 4.69) is 31.0 Å². The number of halogens is 2. The molecule has 24 heavy (non-hydrogen) atoms. The first kappa shape index (κ1) is 17.1. The zero-order valence-corrected chi connectivity index (χ0v) is 15.3. The van der Waals surface area contributed by atoms with Gasteiger partial charge in [0.05, 0.1) is 10.0 Å². The third-order valence-electron chi connectivity index (χ3n) is 4.57. The normalized spacial score (nSPS) is 17.4. The summed E-state index contributed by atoms with van der Waals surface area (Å²) in [5.74, 6) is -0.00878. The Morgan fingerprint density at radius 2 is 1.92 bits per heavy atom. The standard InChI is InChI=1S/C19H20Cl2N2O/c1-3-15-12-22(2)18-7-5-4-6-14(18)11-23(15)19(24)13-8-9-16(20)17(21)10-13/h4-10,15H,3,11-12H2,1-2H3. The summed E-state index contributed by atoms with van der Waals surface area (Å²) >= 11 is 12.1. The van der Waals surface area contributed by atoms with Crippen LogP contribution in [0.15, 0.2) is 42.5 Å². The number of anilines is 1. The molecule has 1 aliphatic heterocycles. The maximum absolute atomic E-state index is 13.1. The van der Waals surface area contributed by atoms with Crippen LogP contribution in [-0.2, 0) is 6.54 Å². The number of likely N-dealkylation sites (N-methyl/N-ethyl adjacent to an activating group) is 1. The lowest BCUT2D eigenvalue weighted by atomic mass is 10.1. The molecule has 0 radical (unpaired) electrons. The van der Waals surface area contributed by atoms with Gasteiger partial charge in [0.2, 0.25) is 0 Å². The summed E-state index contributed by atoms with van der Waals surface area (Å²) in [6.07, 6.45) is 0.894. The van der Waals surface area contributed by atoms with Crippen molar-refractivity contribution in [2.75, 3.05) is 18.5 Å². The third-order valence-corrected chi connectivity index (χ3v) is 5.31. The zero-order chi connectivity index (χ0) is 17.3. The molecule has 0 bridgehead atoms. The van der Waals surface area contributed by atoms with Crippen LogP contribution < -0.4 is 4.90 Å². The van der Waals surface area contributed by atoms with Gasteiger partial charge in [0, 0.05) is 37.4 Å². The number of carbonyl (C=O) groups is 1. The van der Waals surface area contributed by atoms with E-state index in [9.17, 15) is 4.79 Å². The highest BCUT2D eigenvalue weighted by Gasteiger charge is 2.29. The number of nitrogens with zero attached hydrogens (tertiary/aromatic N) is 2. The van der Waals surface area contributed by atoms with Gasteiger partial charge >= 0.3 is 0 Å². The van der Waals surface area contributed by atoms with Crippen molar-refractivity contribution in [2.45, 2.75) is 25.9 Å². The molecule has 0 spiro atoms. The smallest absolute Gasteiger partial charge is 0.254 e. The Kier molecular flexibility index (Phi) is 5.02. The molecule has 0 aliphatic carbocycles. The van der Waals surface area contributed by atoms with Crippen molar-refractivity contribution < 1.29 is 4.79 Å². The maximum atomic E-state index is 13.1. The average molecular weight is 363 g/mol.